The van der Waals surface area contributed by atoms with Gasteiger partial charge in [-0.05, 0) is 56.2 Å². The summed E-state index contributed by atoms with van der Waals surface area (Å²) in [5.74, 6) is -1.69. The Morgan fingerprint density at radius 3 is 2.35 bits per heavy atom. The van der Waals surface area contributed by atoms with Crippen molar-refractivity contribution in [3.05, 3.63) is 47.2 Å². The maximum atomic E-state index is 13.1. The molecule has 1 aromatic carbocycles. The molecule has 6 nitrogen and oxygen atoms in total. The first-order valence-electron chi connectivity index (χ1n) is 9.20. The summed E-state index contributed by atoms with van der Waals surface area (Å²) in [6.07, 6.45) is 5.72. The lowest BCUT2D eigenvalue weighted by atomic mass is 9.92. The van der Waals surface area contributed by atoms with Gasteiger partial charge < -0.3 is 15.3 Å². The number of rotatable bonds is 4. The summed E-state index contributed by atoms with van der Waals surface area (Å²) < 4.78 is 0. The third kappa shape index (κ3) is 3.95. The van der Waals surface area contributed by atoms with Crippen molar-refractivity contribution in [2.75, 3.05) is 6.54 Å². The van der Waals surface area contributed by atoms with Gasteiger partial charge in [0.25, 0.3) is 11.8 Å². The summed E-state index contributed by atoms with van der Waals surface area (Å²) >= 11 is 0. The third-order valence-electron chi connectivity index (χ3n) is 5.10. The van der Waals surface area contributed by atoms with Crippen LogP contribution in [0.4, 0.5) is 0 Å². The van der Waals surface area contributed by atoms with Gasteiger partial charge in [-0.1, -0.05) is 24.6 Å². The van der Waals surface area contributed by atoms with Crippen LogP contribution in [-0.2, 0) is 9.59 Å². The first-order chi connectivity index (χ1) is 12.6. The van der Waals surface area contributed by atoms with Crippen molar-refractivity contribution in [2.24, 2.45) is 0 Å². The van der Waals surface area contributed by atoms with Crippen LogP contribution in [0.3, 0.4) is 0 Å². The summed E-state index contributed by atoms with van der Waals surface area (Å²) in [5, 5.41) is 12.2. The molecular formula is C20H24N2O4. The van der Waals surface area contributed by atoms with Gasteiger partial charge in [0.2, 0.25) is 0 Å². The molecule has 0 bridgehead atoms. The SMILES string of the molecule is O=C(NC(C(=O)N1CCC[C@@H]1C(=O)O)=C1CCCCC1)c1ccccc1. The van der Waals surface area contributed by atoms with Crippen LogP contribution in [-0.4, -0.2) is 40.4 Å². The van der Waals surface area contributed by atoms with Gasteiger partial charge in [-0.25, -0.2) is 4.79 Å². The molecule has 26 heavy (non-hydrogen) atoms. The minimum absolute atomic E-state index is 0.284. The van der Waals surface area contributed by atoms with Gasteiger partial charge in [-0.2, -0.15) is 0 Å². The Morgan fingerprint density at radius 1 is 1.00 bits per heavy atom. The van der Waals surface area contributed by atoms with Crippen molar-refractivity contribution >= 4 is 17.8 Å². The summed E-state index contributed by atoms with van der Waals surface area (Å²) in [7, 11) is 0. The zero-order valence-corrected chi connectivity index (χ0v) is 14.7. The summed E-state index contributed by atoms with van der Waals surface area (Å²) in [5.41, 5.74) is 1.69. The predicted molar refractivity (Wildman–Crippen MR) is 96.4 cm³/mol. The quantitative estimate of drug-likeness (QED) is 0.812. The van der Waals surface area contributed by atoms with Gasteiger partial charge in [0.15, 0.2) is 0 Å². The van der Waals surface area contributed by atoms with E-state index in [1.54, 1.807) is 24.3 Å². The standard InChI is InChI=1S/C20H24N2O4/c23-18(15-10-5-2-6-11-15)21-17(14-8-3-1-4-9-14)19(24)22-13-7-12-16(22)20(25)26/h2,5-6,10-11,16H,1,3-4,7-9,12-13H2,(H,21,23)(H,25,26)/t16-/m1/s1. The molecule has 0 unspecified atom stereocenters. The molecule has 3 rings (SSSR count). The highest BCUT2D eigenvalue weighted by molar-refractivity contribution is 6.04. The van der Waals surface area contributed by atoms with Crippen LogP contribution in [0, 0.1) is 0 Å². The van der Waals surface area contributed by atoms with Crippen molar-refractivity contribution in [1.29, 1.82) is 0 Å². The van der Waals surface area contributed by atoms with Crippen molar-refractivity contribution in [3.63, 3.8) is 0 Å². The van der Waals surface area contributed by atoms with Gasteiger partial charge in [-0.15, -0.1) is 0 Å². The first kappa shape index (κ1) is 18.2. The molecule has 2 aliphatic rings. The summed E-state index contributed by atoms with van der Waals surface area (Å²) in [6.45, 7) is 0.411. The normalized spacial score (nSPS) is 19.9. The fraction of sp³-hybridized carbons (Fsp3) is 0.450. The molecule has 1 aliphatic heterocycles. The largest absolute Gasteiger partial charge is 0.480 e. The molecule has 1 heterocycles. The maximum absolute atomic E-state index is 13.1. The van der Waals surface area contributed by atoms with E-state index < -0.39 is 12.0 Å². The van der Waals surface area contributed by atoms with E-state index in [0.717, 1.165) is 37.7 Å². The zero-order valence-electron chi connectivity index (χ0n) is 14.7. The number of hydrogen-bond acceptors (Lipinski definition) is 3. The lowest BCUT2D eigenvalue weighted by molar-refractivity contribution is -0.147. The van der Waals surface area contributed by atoms with Gasteiger partial charge in [0.05, 0.1) is 0 Å². The summed E-state index contributed by atoms with van der Waals surface area (Å²) in [6, 6.07) is 7.94. The molecule has 0 radical (unpaired) electrons. The van der Waals surface area contributed by atoms with E-state index in [4.69, 9.17) is 0 Å². The molecule has 6 heteroatoms. The Bertz CT molecular complexity index is 719. The number of carboxylic acid groups (broad SMARTS) is 1. The molecule has 2 fully saturated rings. The number of carboxylic acids is 1. The van der Waals surface area contributed by atoms with Gasteiger partial charge in [0, 0.05) is 12.1 Å². The van der Waals surface area contributed by atoms with Crippen LogP contribution in [0.25, 0.3) is 0 Å². The second-order valence-corrected chi connectivity index (χ2v) is 6.85. The monoisotopic (exact) mass is 356 g/mol. The number of likely N-dealkylation sites (tertiary alicyclic amines) is 1. The Morgan fingerprint density at radius 2 is 1.69 bits per heavy atom. The van der Waals surface area contributed by atoms with E-state index in [1.165, 1.54) is 4.90 Å². The average molecular weight is 356 g/mol. The van der Waals surface area contributed by atoms with E-state index in [1.807, 2.05) is 6.07 Å². The highest BCUT2D eigenvalue weighted by Gasteiger charge is 2.36. The molecule has 1 aliphatic carbocycles. The molecule has 1 saturated heterocycles. The number of benzene rings is 1. The number of nitrogens with one attached hydrogen (secondary N) is 1. The van der Waals surface area contributed by atoms with Crippen LogP contribution < -0.4 is 5.32 Å². The number of amides is 2. The van der Waals surface area contributed by atoms with Gasteiger partial charge in [-0.3, -0.25) is 9.59 Å². The molecule has 1 saturated carbocycles. The first-order valence-corrected chi connectivity index (χ1v) is 9.20. The topological polar surface area (TPSA) is 86.7 Å². The summed E-state index contributed by atoms with van der Waals surface area (Å²) in [4.78, 5) is 38.6. The van der Waals surface area contributed by atoms with Crippen molar-refractivity contribution in [1.82, 2.24) is 10.2 Å². The van der Waals surface area contributed by atoms with Crippen molar-refractivity contribution < 1.29 is 19.5 Å². The molecule has 2 amide bonds. The molecule has 0 spiro atoms. The van der Waals surface area contributed by atoms with E-state index in [0.29, 0.717) is 24.9 Å². The molecule has 1 aromatic rings. The maximum Gasteiger partial charge on any atom is 0.326 e. The number of nitrogens with zero attached hydrogens (tertiary/aromatic N) is 1. The van der Waals surface area contributed by atoms with Crippen LogP contribution in [0.15, 0.2) is 41.6 Å². The Hall–Kier alpha value is -2.63. The van der Waals surface area contributed by atoms with Crippen LogP contribution in [0.2, 0.25) is 0 Å². The Kier molecular flexibility index (Phi) is 5.71. The average Bonchev–Trinajstić information content (AvgIpc) is 3.17. The van der Waals surface area contributed by atoms with E-state index in [2.05, 4.69) is 5.32 Å². The highest BCUT2D eigenvalue weighted by atomic mass is 16.4. The molecular weight excluding hydrogens is 332 g/mol. The van der Waals surface area contributed by atoms with E-state index in [9.17, 15) is 19.5 Å². The van der Waals surface area contributed by atoms with Crippen LogP contribution in [0.5, 0.6) is 0 Å². The number of allylic oxidation sites excluding steroid dienone is 1. The zero-order chi connectivity index (χ0) is 18.5. The minimum atomic E-state index is -0.988. The van der Waals surface area contributed by atoms with Crippen LogP contribution in [0.1, 0.15) is 55.3 Å². The molecule has 138 valence electrons. The van der Waals surface area contributed by atoms with Crippen molar-refractivity contribution in [2.45, 2.75) is 51.0 Å². The molecule has 2 N–H and O–H groups in total. The van der Waals surface area contributed by atoms with Crippen molar-refractivity contribution in [3.8, 4) is 0 Å². The Balaban J connectivity index is 1.87. The third-order valence-corrected chi connectivity index (χ3v) is 5.10. The second kappa shape index (κ2) is 8.17. The number of carbonyl (C=O) groups is 3. The minimum Gasteiger partial charge on any atom is -0.480 e. The van der Waals surface area contributed by atoms with E-state index >= 15 is 0 Å². The number of aliphatic carboxylic acids is 1. The fourth-order valence-electron chi connectivity index (χ4n) is 3.71. The number of carbonyl (C=O) groups excluding carboxylic acids is 2. The smallest absolute Gasteiger partial charge is 0.326 e. The van der Waals surface area contributed by atoms with E-state index in [-0.39, 0.29) is 17.5 Å². The lowest BCUT2D eigenvalue weighted by Crippen LogP contribution is -2.45. The van der Waals surface area contributed by atoms with Crippen LogP contribution >= 0.6 is 0 Å². The second-order valence-electron chi connectivity index (χ2n) is 6.85. The molecule has 0 aromatic heterocycles. The Labute approximate surface area is 152 Å². The van der Waals surface area contributed by atoms with Gasteiger partial charge >= 0.3 is 5.97 Å². The molecule has 1 atom stereocenters. The van der Waals surface area contributed by atoms with Gasteiger partial charge in [0.1, 0.15) is 11.7 Å². The highest BCUT2D eigenvalue weighted by Crippen LogP contribution is 2.28. The number of hydrogen-bond donors (Lipinski definition) is 2. The fourth-order valence-corrected chi connectivity index (χ4v) is 3.71. The lowest BCUT2D eigenvalue weighted by Gasteiger charge is -2.26. The predicted octanol–water partition coefficient (Wildman–Crippen LogP) is 2.71.